The Morgan fingerprint density at radius 1 is 1.06 bits per heavy atom. The van der Waals surface area contributed by atoms with Crippen LogP contribution in [0.25, 0.3) is 0 Å². The number of likely N-dealkylation sites (tertiary alicyclic amines) is 1. The smallest absolute Gasteiger partial charge is 0.410 e. The summed E-state index contributed by atoms with van der Waals surface area (Å²) in [5, 5.41) is 12.1. The number of amides is 2. The van der Waals surface area contributed by atoms with Crippen molar-refractivity contribution in [3.63, 3.8) is 0 Å². The van der Waals surface area contributed by atoms with Gasteiger partial charge in [0, 0.05) is 18.1 Å². The topological polar surface area (TPSA) is 95.9 Å². The molecule has 0 aromatic heterocycles. The molecule has 2 N–H and O–H groups in total. The number of hydrogen-bond donors (Lipinski definition) is 2. The van der Waals surface area contributed by atoms with Crippen LogP contribution in [0, 0.1) is 0 Å². The summed E-state index contributed by atoms with van der Waals surface area (Å²) < 4.78 is 5.32. The minimum atomic E-state index is -1.08. The van der Waals surface area contributed by atoms with Crippen molar-refractivity contribution in [2.75, 3.05) is 18.1 Å². The largest absolute Gasteiger partial charge is 0.480 e. The summed E-state index contributed by atoms with van der Waals surface area (Å²) in [5.41, 5.74) is 3.37. The maximum absolute atomic E-state index is 12.6. The van der Waals surface area contributed by atoms with E-state index >= 15 is 0 Å². The zero-order valence-corrected chi connectivity index (χ0v) is 23.3. The SMILES string of the molecule is CC(C)=CCC/C(C)=C/CC/C(C)=C/CSCC(NC(=O)C1CCN1C(=O)OC(C)(C)C)C(=O)O. The average molecular weight is 509 g/mol. The normalized spacial score (nSPS) is 17.3. The van der Waals surface area contributed by atoms with E-state index in [1.165, 1.54) is 33.4 Å². The van der Waals surface area contributed by atoms with Gasteiger partial charge in [0.2, 0.25) is 5.91 Å². The van der Waals surface area contributed by atoms with E-state index in [1.807, 2.05) is 0 Å². The third-order valence-corrected chi connectivity index (χ3v) is 6.49. The van der Waals surface area contributed by atoms with Gasteiger partial charge in [0.15, 0.2) is 0 Å². The number of carbonyl (C=O) groups excluding carboxylic acids is 2. The van der Waals surface area contributed by atoms with E-state index in [0.29, 0.717) is 18.7 Å². The third-order valence-electron chi connectivity index (χ3n) is 5.52. The highest BCUT2D eigenvalue weighted by Gasteiger charge is 2.40. The fraction of sp³-hybridized carbons (Fsp3) is 0.667. The lowest BCUT2D eigenvalue weighted by molar-refractivity contribution is -0.142. The van der Waals surface area contributed by atoms with Crippen molar-refractivity contribution in [2.24, 2.45) is 0 Å². The molecule has 7 nitrogen and oxygen atoms in total. The highest BCUT2D eigenvalue weighted by atomic mass is 32.2. The first kappa shape index (κ1) is 30.8. The van der Waals surface area contributed by atoms with Gasteiger partial charge in [-0.25, -0.2) is 9.59 Å². The summed E-state index contributed by atoms with van der Waals surface area (Å²) in [4.78, 5) is 37.8. The second kappa shape index (κ2) is 15.0. The summed E-state index contributed by atoms with van der Waals surface area (Å²) in [6.45, 7) is 14.2. The molecule has 2 unspecified atom stereocenters. The summed E-state index contributed by atoms with van der Waals surface area (Å²) in [7, 11) is 0. The van der Waals surface area contributed by atoms with Crippen LogP contribution in [0.3, 0.4) is 0 Å². The molecular formula is C27H44N2O5S. The molecule has 2 amide bonds. The van der Waals surface area contributed by atoms with Crippen molar-refractivity contribution in [2.45, 2.75) is 98.3 Å². The highest BCUT2D eigenvalue weighted by Crippen LogP contribution is 2.22. The van der Waals surface area contributed by atoms with Gasteiger partial charge in [-0.1, -0.05) is 34.9 Å². The summed E-state index contributed by atoms with van der Waals surface area (Å²) in [6.07, 6.45) is 10.8. The van der Waals surface area contributed by atoms with Gasteiger partial charge < -0.3 is 15.2 Å². The maximum atomic E-state index is 12.6. The lowest BCUT2D eigenvalue weighted by atomic mass is 10.0. The number of allylic oxidation sites excluding steroid dienone is 5. The van der Waals surface area contributed by atoms with E-state index in [1.54, 1.807) is 20.8 Å². The van der Waals surface area contributed by atoms with Crippen molar-refractivity contribution in [1.82, 2.24) is 10.2 Å². The van der Waals surface area contributed by atoms with Crippen LogP contribution in [-0.4, -0.2) is 63.7 Å². The zero-order chi connectivity index (χ0) is 26.6. The number of nitrogens with one attached hydrogen (secondary N) is 1. The standard InChI is InChI=1S/C27H44N2O5S/c1-19(2)10-8-11-20(3)12-9-13-21(4)15-17-35-18-22(25(31)32)28-24(30)23-14-16-29(23)26(33)34-27(5,6)7/h10,12,15,22-23H,8-9,11,13-14,16-18H2,1-7H3,(H,28,30)(H,31,32)/b20-12+,21-15+. The van der Waals surface area contributed by atoms with E-state index in [4.69, 9.17) is 4.74 Å². The van der Waals surface area contributed by atoms with Crippen molar-refractivity contribution in [3.8, 4) is 0 Å². The lowest BCUT2D eigenvalue weighted by Crippen LogP contribution is -2.61. The fourth-order valence-electron chi connectivity index (χ4n) is 3.37. The molecule has 1 saturated heterocycles. The Morgan fingerprint density at radius 3 is 2.17 bits per heavy atom. The molecule has 2 atom stereocenters. The van der Waals surface area contributed by atoms with Crippen LogP contribution in [0.4, 0.5) is 4.79 Å². The van der Waals surface area contributed by atoms with Crippen LogP contribution in [0.15, 0.2) is 34.9 Å². The molecule has 0 aromatic rings. The molecule has 1 aliphatic heterocycles. The van der Waals surface area contributed by atoms with Crippen molar-refractivity contribution < 1.29 is 24.2 Å². The van der Waals surface area contributed by atoms with E-state index in [2.05, 4.69) is 51.2 Å². The number of nitrogens with zero attached hydrogens (tertiary/aromatic N) is 1. The number of rotatable bonds is 13. The van der Waals surface area contributed by atoms with E-state index < -0.39 is 35.7 Å². The van der Waals surface area contributed by atoms with Gasteiger partial charge in [-0.15, -0.1) is 0 Å². The summed E-state index contributed by atoms with van der Waals surface area (Å²) in [6, 6.07) is -1.69. The minimum Gasteiger partial charge on any atom is -0.480 e. The second-order valence-electron chi connectivity index (χ2n) is 10.4. The van der Waals surface area contributed by atoms with E-state index in [-0.39, 0.29) is 5.75 Å². The number of hydrogen-bond acceptors (Lipinski definition) is 5. The number of carbonyl (C=O) groups is 3. The molecule has 35 heavy (non-hydrogen) atoms. The maximum Gasteiger partial charge on any atom is 0.410 e. The molecule has 8 heteroatoms. The number of thioether (sulfide) groups is 1. The molecule has 1 rings (SSSR count). The van der Waals surface area contributed by atoms with Crippen LogP contribution in [0.1, 0.15) is 80.6 Å². The second-order valence-corrected chi connectivity index (χ2v) is 11.4. The van der Waals surface area contributed by atoms with Gasteiger partial charge in [0.05, 0.1) is 0 Å². The zero-order valence-electron chi connectivity index (χ0n) is 22.5. The lowest BCUT2D eigenvalue weighted by Gasteiger charge is -2.40. The molecule has 0 aliphatic carbocycles. The van der Waals surface area contributed by atoms with Crippen molar-refractivity contribution >= 4 is 29.7 Å². The van der Waals surface area contributed by atoms with Crippen LogP contribution in [0.2, 0.25) is 0 Å². The molecule has 0 bridgehead atoms. The van der Waals surface area contributed by atoms with Crippen molar-refractivity contribution in [1.29, 1.82) is 0 Å². The molecule has 1 fully saturated rings. The molecule has 0 spiro atoms. The molecule has 1 aliphatic rings. The Bertz CT molecular complexity index is 822. The Kier molecular flexibility index (Phi) is 13.2. The molecule has 1 heterocycles. The van der Waals surface area contributed by atoms with Gasteiger partial charge in [-0.05, 0) is 80.6 Å². The first-order valence-electron chi connectivity index (χ1n) is 12.4. The molecule has 0 radical (unpaired) electrons. The molecule has 0 aromatic carbocycles. The molecule has 198 valence electrons. The Labute approximate surface area is 215 Å². The number of carboxylic acids is 1. The number of ether oxygens (including phenoxy) is 1. The van der Waals surface area contributed by atoms with Gasteiger partial charge in [-0.2, -0.15) is 11.8 Å². The fourth-order valence-corrected chi connectivity index (χ4v) is 4.37. The van der Waals surface area contributed by atoms with Gasteiger partial charge in [-0.3, -0.25) is 9.69 Å². The summed E-state index contributed by atoms with van der Waals surface area (Å²) in [5.74, 6) is -0.590. The predicted molar refractivity (Wildman–Crippen MR) is 144 cm³/mol. The first-order chi connectivity index (χ1) is 16.3. The quantitative estimate of drug-likeness (QED) is 0.244. The molecular weight excluding hydrogens is 464 g/mol. The third kappa shape index (κ3) is 12.9. The Morgan fingerprint density at radius 2 is 1.66 bits per heavy atom. The average Bonchev–Trinajstić information content (AvgIpc) is 2.67. The van der Waals surface area contributed by atoms with Crippen LogP contribution in [-0.2, 0) is 14.3 Å². The highest BCUT2D eigenvalue weighted by molar-refractivity contribution is 7.99. The Hall–Kier alpha value is -2.22. The Balaban J connectivity index is 2.42. The van der Waals surface area contributed by atoms with Crippen molar-refractivity contribution in [3.05, 3.63) is 34.9 Å². The minimum absolute atomic E-state index is 0.257. The first-order valence-corrected chi connectivity index (χ1v) is 13.5. The van der Waals surface area contributed by atoms with Gasteiger partial charge in [0.1, 0.15) is 17.7 Å². The van der Waals surface area contributed by atoms with Crippen LogP contribution >= 0.6 is 11.8 Å². The van der Waals surface area contributed by atoms with Crippen LogP contribution < -0.4 is 5.32 Å². The van der Waals surface area contributed by atoms with Crippen LogP contribution in [0.5, 0.6) is 0 Å². The van der Waals surface area contributed by atoms with E-state index in [0.717, 1.165) is 25.7 Å². The molecule has 0 saturated carbocycles. The number of carboxylic acid groups (broad SMARTS) is 1. The van der Waals surface area contributed by atoms with E-state index in [9.17, 15) is 19.5 Å². The van der Waals surface area contributed by atoms with Gasteiger partial charge >= 0.3 is 12.1 Å². The summed E-state index contributed by atoms with van der Waals surface area (Å²) >= 11 is 1.47. The number of aliphatic carboxylic acids is 1. The monoisotopic (exact) mass is 508 g/mol. The van der Waals surface area contributed by atoms with Gasteiger partial charge in [0.25, 0.3) is 0 Å². The predicted octanol–water partition coefficient (Wildman–Crippen LogP) is 5.72.